The fourth-order valence-corrected chi connectivity index (χ4v) is 1.84. The predicted molar refractivity (Wildman–Crippen MR) is 73.3 cm³/mol. The standard InChI is InChI=1S/C15H21NO3/c1-11(8-9-17)16-15(18)13-4-2-3-5-14(13)19-10-12-6-7-12/h2-5,11-12,17H,6-10H2,1H3,(H,16,18). The summed E-state index contributed by atoms with van der Waals surface area (Å²) in [5.41, 5.74) is 0.563. The highest BCUT2D eigenvalue weighted by Crippen LogP contribution is 2.30. The molecule has 0 aliphatic heterocycles. The van der Waals surface area contributed by atoms with Crippen molar-refractivity contribution in [2.75, 3.05) is 13.2 Å². The molecule has 0 radical (unpaired) electrons. The summed E-state index contributed by atoms with van der Waals surface area (Å²) in [7, 11) is 0. The number of aliphatic hydroxyl groups is 1. The van der Waals surface area contributed by atoms with Crippen molar-refractivity contribution in [3.8, 4) is 5.75 Å². The number of rotatable bonds is 7. The van der Waals surface area contributed by atoms with E-state index in [0.717, 1.165) is 0 Å². The summed E-state index contributed by atoms with van der Waals surface area (Å²) in [5.74, 6) is 1.15. The monoisotopic (exact) mass is 263 g/mol. The Bertz CT molecular complexity index is 429. The van der Waals surface area contributed by atoms with E-state index in [4.69, 9.17) is 9.84 Å². The van der Waals surface area contributed by atoms with Crippen LogP contribution in [-0.2, 0) is 0 Å². The fourth-order valence-electron chi connectivity index (χ4n) is 1.84. The van der Waals surface area contributed by atoms with E-state index in [9.17, 15) is 4.79 Å². The topological polar surface area (TPSA) is 58.6 Å². The van der Waals surface area contributed by atoms with Crippen LogP contribution in [0.15, 0.2) is 24.3 Å². The summed E-state index contributed by atoms with van der Waals surface area (Å²) < 4.78 is 5.71. The second-order valence-corrected chi connectivity index (χ2v) is 5.14. The Hall–Kier alpha value is -1.55. The third-order valence-corrected chi connectivity index (χ3v) is 3.24. The molecule has 1 aromatic carbocycles. The summed E-state index contributed by atoms with van der Waals surface area (Å²) in [6.45, 7) is 2.64. The molecule has 2 N–H and O–H groups in total. The predicted octanol–water partition coefficient (Wildman–Crippen LogP) is 1.98. The van der Waals surface area contributed by atoms with Crippen LogP contribution in [0, 0.1) is 5.92 Å². The van der Waals surface area contributed by atoms with Crippen LogP contribution >= 0.6 is 0 Å². The van der Waals surface area contributed by atoms with Crippen LogP contribution in [0.25, 0.3) is 0 Å². The molecule has 104 valence electrons. The van der Waals surface area contributed by atoms with E-state index in [1.54, 1.807) is 6.07 Å². The second kappa shape index (κ2) is 6.57. The van der Waals surface area contributed by atoms with Crippen molar-refractivity contribution in [2.24, 2.45) is 5.92 Å². The lowest BCUT2D eigenvalue weighted by atomic mass is 10.1. The van der Waals surface area contributed by atoms with Crippen LogP contribution < -0.4 is 10.1 Å². The van der Waals surface area contributed by atoms with Crippen molar-refractivity contribution in [2.45, 2.75) is 32.2 Å². The number of aliphatic hydroxyl groups excluding tert-OH is 1. The van der Waals surface area contributed by atoms with Gasteiger partial charge in [0.2, 0.25) is 0 Å². The first kappa shape index (κ1) is 13.9. The van der Waals surface area contributed by atoms with Crippen molar-refractivity contribution in [1.82, 2.24) is 5.32 Å². The molecule has 1 aromatic rings. The molecule has 0 bridgehead atoms. The second-order valence-electron chi connectivity index (χ2n) is 5.14. The van der Waals surface area contributed by atoms with Gasteiger partial charge in [0.1, 0.15) is 5.75 Å². The molecule has 0 spiro atoms. The summed E-state index contributed by atoms with van der Waals surface area (Å²) in [5, 5.41) is 11.7. The zero-order chi connectivity index (χ0) is 13.7. The van der Waals surface area contributed by atoms with E-state index in [1.165, 1.54) is 12.8 Å². The molecule has 1 atom stereocenters. The van der Waals surface area contributed by atoms with Gasteiger partial charge in [-0.1, -0.05) is 12.1 Å². The van der Waals surface area contributed by atoms with Gasteiger partial charge in [0.05, 0.1) is 12.2 Å². The summed E-state index contributed by atoms with van der Waals surface area (Å²) in [4.78, 5) is 12.1. The molecule has 2 rings (SSSR count). The van der Waals surface area contributed by atoms with E-state index < -0.39 is 0 Å². The van der Waals surface area contributed by atoms with E-state index >= 15 is 0 Å². The van der Waals surface area contributed by atoms with E-state index in [0.29, 0.717) is 30.3 Å². The molecule has 1 fully saturated rings. The maximum atomic E-state index is 12.1. The number of nitrogens with one attached hydrogen (secondary N) is 1. The van der Waals surface area contributed by atoms with Crippen LogP contribution in [-0.4, -0.2) is 30.3 Å². The highest BCUT2D eigenvalue weighted by atomic mass is 16.5. The fraction of sp³-hybridized carbons (Fsp3) is 0.533. The molecule has 1 amide bonds. The van der Waals surface area contributed by atoms with Gasteiger partial charge in [0.25, 0.3) is 5.91 Å². The lowest BCUT2D eigenvalue weighted by Crippen LogP contribution is -2.33. The lowest BCUT2D eigenvalue weighted by molar-refractivity contribution is 0.0930. The number of ether oxygens (including phenoxy) is 1. The Morgan fingerprint density at radius 2 is 2.21 bits per heavy atom. The van der Waals surface area contributed by atoms with Gasteiger partial charge in [0, 0.05) is 12.6 Å². The van der Waals surface area contributed by atoms with Gasteiger partial charge >= 0.3 is 0 Å². The van der Waals surface area contributed by atoms with E-state index in [2.05, 4.69) is 5.32 Å². The Morgan fingerprint density at radius 1 is 1.47 bits per heavy atom. The first-order valence-electron chi connectivity index (χ1n) is 6.84. The Balaban J connectivity index is 1.98. The maximum Gasteiger partial charge on any atom is 0.255 e. The minimum Gasteiger partial charge on any atom is -0.492 e. The van der Waals surface area contributed by atoms with Gasteiger partial charge in [-0.05, 0) is 44.2 Å². The van der Waals surface area contributed by atoms with Crippen LogP contribution in [0.1, 0.15) is 36.5 Å². The molecule has 19 heavy (non-hydrogen) atoms. The number of hydrogen-bond donors (Lipinski definition) is 2. The number of carbonyl (C=O) groups excluding carboxylic acids is 1. The van der Waals surface area contributed by atoms with Gasteiger partial charge in [-0.2, -0.15) is 0 Å². The van der Waals surface area contributed by atoms with Crippen molar-refractivity contribution in [3.05, 3.63) is 29.8 Å². The Morgan fingerprint density at radius 3 is 2.89 bits per heavy atom. The largest absolute Gasteiger partial charge is 0.492 e. The molecule has 0 saturated heterocycles. The van der Waals surface area contributed by atoms with Crippen molar-refractivity contribution in [3.63, 3.8) is 0 Å². The summed E-state index contributed by atoms with van der Waals surface area (Å²) in [6.07, 6.45) is 3.00. The molecule has 1 saturated carbocycles. The van der Waals surface area contributed by atoms with E-state index in [1.807, 2.05) is 25.1 Å². The highest BCUT2D eigenvalue weighted by molar-refractivity contribution is 5.97. The smallest absolute Gasteiger partial charge is 0.255 e. The molecule has 1 aliphatic rings. The minimum absolute atomic E-state index is 0.0472. The Kier molecular flexibility index (Phi) is 4.80. The van der Waals surface area contributed by atoms with Gasteiger partial charge in [-0.3, -0.25) is 4.79 Å². The van der Waals surface area contributed by atoms with Crippen LogP contribution in [0.3, 0.4) is 0 Å². The lowest BCUT2D eigenvalue weighted by Gasteiger charge is -2.15. The third-order valence-electron chi connectivity index (χ3n) is 3.24. The van der Waals surface area contributed by atoms with Gasteiger partial charge < -0.3 is 15.2 Å². The van der Waals surface area contributed by atoms with Gasteiger partial charge in [-0.15, -0.1) is 0 Å². The third kappa shape index (κ3) is 4.24. The molecule has 1 unspecified atom stereocenters. The number of amides is 1. The first-order chi connectivity index (χ1) is 9.20. The summed E-state index contributed by atoms with van der Waals surface area (Å²) in [6, 6.07) is 7.25. The van der Waals surface area contributed by atoms with E-state index in [-0.39, 0.29) is 18.6 Å². The number of hydrogen-bond acceptors (Lipinski definition) is 3. The maximum absolute atomic E-state index is 12.1. The average Bonchev–Trinajstić information content (AvgIpc) is 3.21. The summed E-state index contributed by atoms with van der Waals surface area (Å²) >= 11 is 0. The normalized spacial score (nSPS) is 15.9. The van der Waals surface area contributed by atoms with Crippen molar-refractivity contribution < 1.29 is 14.6 Å². The molecule has 4 nitrogen and oxygen atoms in total. The Labute approximate surface area is 113 Å². The molecular weight excluding hydrogens is 242 g/mol. The van der Waals surface area contributed by atoms with Crippen LogP contribution in [0.2, 0.25) is 0 Å². The molecular formula is C15H21NO3. The number of benzene rings is 1. The molecule has 4 heteroatoms. The minimum atomic E-state index is -0.146. The quantitative estimate of drug-likeness (QED) is 0.791. The van der Waals surface area contributed by atoms with Crippen LogP contribution in [0.4, 0.5) is 0 Å². The zero-order valence-corrected chi connectivity index (χ0v) is 11.3. The van der Waals surface area contributed by atoms with Crippen LogP contribution in [0.5, 0.6) is 5.75 Å². The van der Waals surface area contributed by atoms with Gasteiger partial charge in [-0.25, -0.2) is 0 Å². The molecule has 1 aliphatic carbocycles. The van der Waals surface area contributed by atoms with Crippen molar-refractivity contribution in [1.29, 1.82) is 0 Å². The van der Waals surface area contributed by atoms with Gasteiger partial charge in [0.15, 0.2) is 0 Å². The number of carbonyl (C=O) groups is 1. The molecule has 0 aromatic heterocycles. The average molecular weight is 263 g/mol. The first-order valence-corrected chi connectivity index (χ1v) is 6.84. The zero-order valence-electron chi connectivity index (χ0n) is 11.3. The highest BCUT2D eigenvalue weighted by Gasteiger charge is 2.23. The SMILES string of the molecule is CC(CCO)NC(=O)c1ccccc1OCC1CC1. The number of para-hydroxylation sites is 1. The van der Waals surface area contributed by atoms with Crippen molar-refractivity contribution >= 4 is 5.91 Å². The molecule has 0 heterocycles.